The number of rotatable bonds is 3. The smallest absolute Gasteiger partial charge is 0.256 e. The van der Waals surface area contributed by atoms with Crippen molar-refractivity contribution < 1.29 is 14.0 Å². The monoisotopic (exact) mass is 396 g/mol. The first-order chi connectivity index (χ1) is 13.8. The molecule has 1 aromatic carbocycles. The van der Waals surface area contributed by atoms with Gasteiger partial charge in [-0.2, -0.15) is 0 Å². The molecule has 2 heterocycles. The molecule has 0 unspecified atom stereocenters. The Kier molecular flexibility index (Phi) is 5.00. The summed E-state index contributed by atoms with van der Waals surface area (Å²) in [7, 11) is 0. The number of aromatic amines is 1. The van der Waals surface area contributed by atoms with Crippen LogP contribution < -0.4 is 16.4 Å². The van der Waals surface area contributed by atoms with Crippen molar-refractivity contribution in [1.82, 2.24) is 10.3 Å². The Hall–Kier alpha value is -2.93. The van der Waals surface area contributed by atoms with Gasteiger partial charge in [0.05, 0.1) is 11.1 Å². The van der Waals surface area contributed by atoms with E-state index in [9.17, 15) is 14.0 Å². The number of aryl methyl sites for hydroxylation is 1. The van der Waals surface area contributed by atoms with E-state index < -0.39 is 5.82 Å². The van der Waals surface area contributed by atoms with Crippen LogP contribution in [0.1, 0.15) is 58.6 Å². The van der Waals surface area contributed by atoms with E-state index in [2.05, 4.69) is 15.6 Å². The molecule has 0 radical (unpaired) electrons. The summed E-state index contributed by atoms with van der Waals surface area (Å²) >= 11 is 0. The van der Waals surface area contributed by atoms with Crippen LogP contribution in [0.15, 0.2) is 18.2 Å². The first kappa shape index (κ1) is 19.4. The number of halogens is 1. The first-order valence-corrected chi connectivity index (χ1v) is 9.92. The summed E-state index contributed by atoms with van der Waals surface area (Å²) in [6.45, 7) is 3.68. The standard InChI is InChI=1S/C22H25FN4O2/c1-11-19(10-17-16-9-13(23)3-8-18(16)27-21(17)28)25-12(2)20(11)22(29)26-15-6-4-14(24)5-7-15/h3,8-10,14-15,25H,4-7,24H2,1-2H3,(H,26,29)(H,27,28). The summed E-state index contributed by atoms with van der Waals surface area (Å²) in [4.78, 5) is 28.4. The van der Waals surface area contributed by atoms with E-state index in [1.54, 1.807) is 12.1 Å². The lowest BCUT2D eigenvalue weighted by Crippen LogP contribution is -2.40. The fourth-order valence-corrected chi connectivity index (χ4v) is 4.23. The van der Waals surface area contributed by atoms with Gasteiger partial charge < -0.3 is 21.4 Å². The second kappa shape index (κ2) is 7.48. The average Bonchev–Trinajstić information content (AvgIpc) is 3.13. The van der Waals surface area contributed by atoms with Gasteiger partial charge in [-0.1, -0.05) is 0 Å². The Balaban J connectivity index is 1.61. The van der Waals surface area contributed by atoms with E-state index in [4.69, 9.17) is 5.73 Å². The topological polar surface area (TPSA) is 100 Å². The Morgan fingerprint density at radius 3 is 2.69 bits per heavy atom. The van der Waals surface area contributed by atoms with Gasteiger partial charge in [-0.25, -0.2) is 4.39 Å². The molecule has 0 saturated heterocycles. The minimum atomic E-state index is -0.405. The SMILES string of the molecule is Cc1[nH]c(C=C2C(=O)Nc3ccc(F)cc32)c(C)c1C(=O)NC1CCC(N)CC1. The molecule has 0 spiro atoms. The Labute approximate surface area is 168 Å². The van der Waals surface area contributed by atoms with Crippen LogP contribution in [-0.4, -0.2) is 28.9 Å². The number of hydrogen-bond acceptors (Lipinski definition) is 3. The van der Waals surface area contributed by atoms with Crippen molar-refractivity contribution in [3.63, 3.8) is 0 Å². The van der Waals surface area contributed by atoms with Crippen molar-refractivity contribution >= 4 is 29.2 Å². The van der Waals surface area contributed by atoms with Crippen LogP contribution in [-0.2, 0) is 4.79 Å². The number of amides is 2. The molecular formula is C22H25FN4O2. The summed E-state index contributed by atoms with van der Waals surface area (Å²) in [6, 6.07) is 4.55. The van der Waals surface area contributed by atoms with Crippen molar-refractivity contribution in [3.8, 4) is 0 Å². The third kappa shape index (κ3) is 3.70. The quantitative estimate of drug-likeness (QED) is 0.599. The van der Waals surface area contributed by atoms with Gasteiger partial charge >= 0.3 is 0 Å². The highest BCUT2D eigenvalue weighted by molar-refractivity contribution is 6.34. The number of fused-ring (bicyclic) bond motifs is 1. The Bertz CT molecular complexity index is 1020. The highest BCUT2D eigenvalue weighted by atomic mass is 19.1. The zero-order valence-electron chi connectivity index (χ0n) is 16.6. The minimum Gasteiger partial charge on any atom is -0.358 e. The van der Waals surface area contributed by atoms with Crippen molar-refractivity contribution in [2.75, 3.05) is 5.32 Å². The number of H-pyrrole nitrogens is 1. The molecular weight excluding hydrogens is 371 g/mol. The van der Waals surface area contributed by atoms with E-state index in [0.717, 1.165) is 36.9 Å². The van der Waals surface area contributed by atoms with Crippen LogP contribution in [0.2, 0.25) is 0 Å². The van der Waals surface area contributed by atoms with E-state index >= 15 is 0 Å². The predicted octanol–water partition coefficient (Wildman–Crippen LogP) is 3.26. The number of nitrogens with one attached hydrogen (secondary N) is 3. The van der Waals surface area contributed by atoms with Gasteiger partial charge in [0.15, 0.2) is 0 Å². The van der Waals surface area contributed by atoms with Gasteiger partial charge in [0.25, 0.3) is 11.8 Å². The average molecular weight is 396 g/mol. The van der Waals surface area contributed by atoms with Crippen LogP contribution in [0.5, 0.6) is 0 Å². The molecule has 7 heteroatoms. The second-order valence-electron chi connectivity index (χ2n) is 7.95. The maximum atomic E-state index is 13.7. The number of carbonyl (C=O) groups is 2. The molecule has 29 heavy (non-hydrogen) atoms. The fourth-order valence-electron chi connectivity index (χ4n) is 4.23. The third-order valence-corrected chi connectivity index (χ3v) is 5.86. The van der Waals surface area contributed by atoms with Gasteiger partial charge in [-0.3, -0.25) is 9.59 Å². The van der Waals surface area contributed by atoms with E-state index in [0.29, 0.717) is 28.1 Å². The highest BCUT2D eigenvalue weighted by Crippen LogP contribution is 2.34. The molecule has 0 atom stereocenters. The van der Waals surface area contributed by atoms with Crippen molar-refractivity contribution in [2.45, 2.75) is 51.6 Å². The van der Waals surface area contributed by atoms with E-state index in [-0.39, 0.29) is 23.9 Å². The molecule has 1 saturated carbocycles. The van der Waals surface area contributed by atoms with Crippen molar-refractivity contribution in [3.05, 3.63) is 52.1 Å². The number of hydrogen-bond donors (Lipinski definition) is 4. The van der Waals surface area contributed by atoms with Gasteiger partial charge in [-0.05, 0) is 69.4 Å². The molecule has 2 aromatic rings. The number of benzene rings is 1. The maximum absolute atomic E-state index is 13.7. The van der Waals surface area contributed by atoms with Gasteiger partial charge in [0.2, 0.25) is 0 Å². The van der Waals surface area contributed by atoms with Gasteiger partial charge in [-0.15, -0.1) is 0 Å². The lowest BCUT2D eigenvalue weighted by molar-refractivity contribution is -0.110. The van der Waals surface area contributed by atoms with E-state index in [1.165, 1.54) is 12.1 Å². The Morgan fingerprint density at radius 1 is 1.24 bits per heavy atom. The van der Waals surface area contributed by atoms with Gasteiger partial charge in [0, 0.05) is 34.7 Å². The van der Waals surface area contributed by atoms with Gasteiger partial charge in [0.1, 0.15) is 5.82 Å². The minimum absolute atomic E-state index is 0.122. The van der Waals surface area contributed by atoms with Crippen molar-refractivity contribution in [1.29, 1.82) is 0 Å². The lowest BCUT2D eigenvalue weighted by atomic mass is 9.91. The summed E-state index contributed by atoms with van der Waals surface area (Å²) in [6.07, 6.45) is 5.28. The number of aromatic nitrogens is 1. The Morgan fingerprint density at radius 2 is 1.97 bits per heavy atom. The summed E-state index contributed by atoms with van der Waals surface area (Å²) in [5, 5.41) is 5.85. The normalized spacial score (nSPS) is 22.5. The molecule has 0 bridgehead atoms. The maximum Gasteiger partial charge on any atom is 0.256 e. The molecule has 1 aliphatic carbocycles. The molecule has 6 nitrogen and oxygen atoms in total. The zero-order chi connectivity index (χ0) is 20.7. The van der Waals surface area contributed by atoms with Crippen LogP contribution in [0.3, 0.4) is 0 Å². The molecule has 152 valence electrons. The molecule has 1 aromatic heterocycles. The largest absolute Gasteiger partial charge is 0.358 e. The number of carbonyl (C=O) groups excluding carboxylic acids is 2. The highest BCUT2D eigenvalue weighted by Gasteiger charge is 2.27. The first-order valence-electron chi connectivity index (χ1n) is 9.92. The predicted molar refractivity (Wildman–Crippen MR) is 111 cm³/mol. The van der Waals surface area contributed by atoms with Crippen LogP contribution in [0.25, 0.3) is 11.6 Å². The van der Waals surface area contributed by atoms with Crippen LogP contribution in [0.4, 0.5) is 10.1 Å². The molecule has 1 aliphatic heterocycles. The van der Waals surface area contributed by atoms with Crippen LogP contribution in [0, 0.1) is 19.7 Å². The summed E-state index contributed by atoms with van der Waals surface area (Å²) in [5.41, 5.74) is 10.2. The lowest BCUT2D eigenvalue weighted by Gasteiger charge is -2.26. The van der Waals surface area contributed by atoms with E-state index in [1.807, 2.05) is 13.8 Å². The molecule has 1 fully saturated rings. The zero-order valence-corrected chi connectivity index (χ0v) is 16.6. The summed E-state index contributed by atoms with van der Waals surface area (Å²) in [5.74, 6) is -0.816. The molecule has 4 rings (SSSR count). The molecule has 2 amide bonds. The number of anilines is 1. The molecule has 2 aliphatic rings. The second-order valence-corrected chi connectivity index (χ2v) is 7.95. The van der Waals surface area contributed by atoms with Crippen LogP contribution >= 0.6 is 0 Å². The number of nitrogens with two attached hydrogens (primary N) is 1. The third-order valence-electron chi connectivity index (χ3n) is 5.86. The fraction of sp³-hybridized carbons (Fsp3) is 0.364. The molecule has 5 N–H and O–H groups in total. The summed E-state index contributed by atoms with van der Waals surface area (Å²) < 4.78 is 13.7. The van der Waals surface area contributed by atoms with Crippen molar-refractivity contribution in [2.24, 2.45) is 5.73 Å².